The fourth-order valence-corrected chi connectivity index (χ4v) is 6.64. The molecule has 0 N–H and O–H groups in total. The molecule has 3 heteroatoms. The standard InChI is InChI=1S/C31H18BrNO/c32-19-16-17-24-29(18-19)34-28-15-6-3-11-23(28)31(24)22-10-2-5-14-27(22)33-26-13-4-1-8-20(26)21-9-7-12-25(31)30(21)33/h1-18H. The molecule has 0 bridgehead atoms. The Hall–Kier alpha value is -3.82. The first-order valence-electron chi connectivity index (χ1n) is 11.5. The van der Waals surface area contributed by atoms with Gasteiger partial charge in [-0.05, 0) is 41.5 Å². The van der Waals surface area contributed by atoms with Crippen LogP contribution in [0, 0.1) is 0 Å². The summed E-state index contributed by atoms with van der Waals surface area (Å²) in [6.07, 6.45) is 0. The van der Waals surface area contributed by atoms with Gasteiger partial charge in [0.15, 0.2) is 0 Å². The van der Waals surface area contributed by atoms with Crippen molar-refractivity contribution in [3.05, 3.63) is 136 Å². The maximum Gasteiger partial charge on any atom is 0.133 e. The number of ether oxygens (including phenoxy) is 1. The summed E-state index contributed by atoms with van der Waals surface area (Å²) in [5.41, 5.74) is 8.17. The summed E-state index contributed by atoms with van der Waals surface area (Å²) in [5, 5.41) is 2.56. The minimum Gasteiger partial charge on any atom is -0.457 e. The monoisotopic (exact) mass is 499 g/mol. The van der Waals surface area contributed by atoms with E-state index in [1.54, 1.807) is 0 Å². The number of rotatable bonds is 0. The van der Waals surface area contributed by atoms with E-state index in [1.807, 2.05) is 0 Å². The molecule has 2 aliphatic rings. The normalized spacial score (nSPS) is 17.3. The molecular formula is C31H18BrNO. The van der Waals surface area contributed by atoms with Crippen LogP contribution in [0.5, 0.6) is 11.5 Å². The predicted molar refractivity (Wildman–Crippen MR) is 140 cm³/mol. The summed E-state index contributed by atoms with van der Waals surface area (Å²) in [6.45, 7) is 0. The molecule has 1 spiro atoms. The molecule has 5 aromatic carbocycles. The molecule has 1 atom stereocenters. The van der Waals surface area contributed by atoms with E-state index < -0.39 is 5.41 Å². The quantitative estimate of drug-likeness (QED) is 0.204. The Kier molecular flexibility index (Phi) is 3.50. The molecule has 2 nitrogen and oxygen atoms in total. The van der Waals surface area contributed by atoms with E-state index in [4.69, 9.17) is 4.74 Å². The van der Waals surface area contributed by atoms with Crippen LogP contribution in [0.25, 0.3) is 27.5 Å². The Bertz CT molecular complexity index is 1810. The lowest BCUT2D eigenvalue weighted by Crippen LogP contribution is -2.37. The summed E-state index contributed by atoms with van der Waals surface area (Å²) in [5.74, 6) is 1.80. The van der Waals surface area contributed by atoms with E-state index in [-0.39, 0.29) is 0 Å². The van der Waals surface area contributed by atoms with Crippen molar-refractivity contribution in [1.29, 1.82) is 0 Å². The molecule has 1 unspecified atom stereocenters. The van der Waals surface area contributed by atoms with Crippen LogP contribution in [0.3, 0.4) is 0 Å². The zero-order chi connectivity index (χ0) is 22.4. The molecule has 0 fully saturated rings. The van der Waals surface area contributed by atoms with E-state index in [1.165, 1.54) is 49.7 Å². The van der Waals surface area contributed by atoms with Crippen LogP contribution in [-0.4, -0.2) is 4.57 Å². The lowest BCUT2D eigenvalue weighted by Gasteiger charge is -2.45. The smallest absolute Gasteiger partial charge is 0.133 e. The third-order valence-electron chi connectivity index (χ3n) is 7.51. The highest BCUT2D eigenvalue weighted by atomic mass is 79.9. The molecule has 3 heterocycles. The van der Waals surface area contributed by atoms with Gasteiger partial charge in [-0.15, -0.1) is 0 Å². The van der Waals surface area contributed by atoms with Gasteiger partial charge in [-0.3, -0.25) is 0 Å². The van der Waals surface area contributed by atoms with Crippen molar-refractivity contribution in [3.63, 3.8) is 0 Å². The number of fused-ring (bicyclic) bond motifs is 11. The van der Waals surface area contributed by atoms with E-state index in [0.717, 1.165) is 16.0 Å². The summed E-state index contributed by atoms with van der Waals surface area (Å²) in [7, 11) is 0. The van der Waals surface area contributed by atoms with Crippen LogP contribution >= 0.6 is 15.9 Å². The van der Waals surface area contributed by atoms with Crippen molar-refractivity contribution in [2.24, 2.45) is 0 Å². The maximum atomic E-state index is 6.51. The highest BCUT2D eigenvalue weighted by Crippen LogP contribution is 2.60. The van der Waals surface area contributed by atoms with E-state index in [2.05, 4.69) is 130 Å². The number of para-hydroxylation sites is 4. The highest BCUT2D eigenvalue weighted by molar-refractivity contribution is 9.10. The van der Waals surface area contributed by atoms with Crippen LogP contribution in [-0.2, 0) is 5.41 Å². The van der Waals surface area contributed by atoms with Crippen molar-refractivity contribution in [3.8, 4) is 17.2 Å². The first-order chi connectivity index (χ1) is 16.8. The fourth-order valence-electron chi connectivity index (χ4n) is 6.30. The predicted octanol–water partition coefficient (Wildman–Crippen LogP) is 8.35. The third-order valence-corrected chi connectivity index (χ3v) is 8.00. The largest absolute Gasteiger partial charge is 0.457 e. The SMILES string of the molecule is Brc1ccc2c(c1)Oc1ccccc1C21c2ccccc2-n2c3ccccc3c3cccc1c32. The zero-order valence-corrected chi connectivity index (χ0v) is 19.7. The van der Waals surface area contributed by atoms with Gasteiger partial charge in [-0.2, -0.15) is 0 Å². The molecule has 1 aromatic heterocycles. The molecule has 0 radical (unpaired) electrons. The number of aromatic nitrogens is 1. The summed E-state index contributed by atoms with van der Waals surface area (Å²) >= 11 is 3.67. The van der Waals surface area contributed by atoms with Crippen LogP contribution in [0.4, 0.5) is 0 Å². The summed E-state index contributed by atoms with van der Waals surface area (Å²) in [4.78, 5) is 0. The van der Waals surface area contributed by atoms with Crippen molar-refractivity contribution in [1.82, 2.24) is 4.57 Å². The number of nitrogens with zero attached hydrogens (tertiary/aromatic N) is 1. The Morgan fingerprint density at radius 2 is 1.29 bits per heavy atom. The number of halogens is 1. The Morgan fingerprint density at radius 3 is 2.24 bits per heavy atom. The first-order valence-corrected chi connectivity index (χ1v) is 12.3. The van der Waals surface area contributed by atoms with Crippen molar-refractivity contribution >= 4 is 37.7 Å². The Morgan fingerprint density at radius 1 is 0.588 bits per heavy atom. The van der Waals surface area contributed by atoms with Crippen LogP contribution in [0.1, 0.15) is 22.3 Å². The summed E-state index contributed by atoms with van der Waals surface area (Å²) in [6, 6.07) is 39.3. The van der Waals surface area contributed by atoms with Gasteiger partial charge in [0.05, 0.1) is 22.1 Å². The van der Waals surface area contributed by atoms with Crippen LogP contribution in [0.2, 0.25) is 0 Å². The molecule has 8 rings (SSSR count). The zero-order valence-electron chi connectivity index (χ0n) is 18.1. The fraction of sp³-hybridized carbons (Fsp3) is 0.0323. The van der Waals surface area contributed by atoms with Gasteiger partial charge >= 0.3 is 0 Å². The Labute approximate surface area is 205 Å². The minimum absolute atomic E-state index is 0.481. The van der Waals surface area contributed by atoms with E-state index >= 15 is 0 Å². The molecule has 0 saturated carbocycles. The van der Waals surface area contributed by atoms with Gasteiger partial charge in [0.1, 0.15) is 11.5 Å². The number of hydrogen-bond acceptors (Lipinski definition) is 1. The minimum atomic E-state index is -0.481. The maximum absolute atomic E-state index is 6.51. The second-order valence-electron chi connectivity index (χ2n) is 9.06. The molecule has 0 aliphatic carbocycles. The lowest BCUT2D eigenvalue weighted by atomic mass is 9.62. The first kappa shape index (κ1) is 18.6. The molecular weight excluding hydrogens is 482 g/mol. The van der Waals surface area contributed by atoms with Gasteiger partial charge in [-0.25, -0.2) is 0 Å². The van der Waals surface area contributed by atoms with Crippen LogP contribution in [0.15, 0.2) is 114 Å². The van der Waals surface area contributed by atoms with Crippen molar-refractivity contribution in [2.45, 2.75) is 5.41 Å². The molecule has 0 saturated heterocycles. The lowest BCUT2D eigenvalue weighted by molar-refractivity contribution is 0.433. The molecule has 160 valence electrons. The van der Waals surface area contributed by atoms with Gasteiger partial charge in [-0.1, -0.05) is 94.8 Å². The number of benzene rings is 5. The van der Waals surface area contributed by atoms with Gasteiger partial charge in [0.25, 0.3) is 0 Å². The topological polar surface area (TPSA) is 14.2 Å². The molecule has 6 aromatic rings. The molecule has 0 amide bonds. The molecule has 34 heavy (non-hydrogen) atoms. The van der Waals surface area contributed by atoms with Gasteiger partial charge < -0.3 is 9.30 Å². The third kappa shape index (κ3) is 2.07. The van der Waals surface area contributed by atoms with Gasteiger partial charge in [0.2, 0.25) is 0 Å². The Balaban J connectivity index is 1.68. The highest BCUT2D eigenvalue weighted by Gasteiger charge is 2.50. The summed E-state index contributed by atoms with van der Waals surface area (Å²) < 4.78 is 9.97. The van der Waals surface area contributed by atoms with E-state index in [0.29, 0.717) is 0 Å². The van der Waals surface area contributed by atoms with Gasteiger partial charge in [0, 0.05) is 26.4 Å². The van der Waals surface area contributed by atoms with Crippen LogP contribution < -0.4 is 4.74 Å². The average molecular weight is 500 g/mol. The van der Waals surface area contributed by atoms with Crippen molar-refractivity contribution < 1.29 is 4.74 Å². The van der Waals surface area contributed by atoms with Crippen molar-refractivity contribution in [2.75, 3.05) is 0 Å². The second kappa shape index (κ2) is 6.40. The second-order valence-corrected chi connectivity index (χ2v) is 9.98. The average Bonchev–Trinajstić information content (AvgIpc) is 3.22. The van der Waals surface area contributed by atoms with E-state index in [9.17, 15) is 0 Å². The molecule has 2 aliphatic heterocycles. The number of hydrogen-bond donors (Lipinski definition) is 0.